The molecule has 0 amide bonds. The van der Waals surface area contributed by atoms with E-state index in [1.807, 2.05) is 0 Å². The van der Waals surface area contributed by atoms with E-state index in [-0.39, 0.29) is 11.4 Å². The van der Waals surface area contributed by atoms with Gasteiger partial charge in [0, 0.05) is 23.7 Å². The molecule has 1 rings (SSSR count). The lowest BCUT2D eigenvalue weighted by Gasteiger charge is -2.20. The van der Waals surface area contributed by atoms with E-state index in [0.717, 1.165) is 6.54 Å². The minimum absolute atomic E-state index is 0.0836. The molecule has 0 atom stereocenters. The van der Waals surface area contributed by atoms with Gasteiger partial charge in [-0.2, -0.15) is 0 Å². The molecule has 4 heteroatoms. The molecule has 0 aliphatic heterocycles. The number of benzene rings is 1. The van der Waals surface area contributed by atoms with E-state index in [9.17, 15) is 4.39 Å². The third-order valence-electron chi connectivity index (χ3n) is 2.03. The summed E-state index contributed by atoms with van der Waals surface area (Å²) in [6, 6.07) is 4.62. The number of anilines is 1. The third-order valence-corrected chi connectivity index (χ3v) is 2.26. The van der Waals surface area contributed by atoms with Crippen LogP contribution in [0.2, 0.25) is 5.02 Å². The Hall–Kier alpha value is -0.800. The molecule has 1 aromatic carbocycles. The monoisotopic (exact) mass is 244 g/mol. The van der Waals surface area contributed by atoms with E-state index in [4.69, 9.17) is 11.6 Å². The van der Waals surface area contributed by atoms with Crippen molar-refractivity contribution in [2.75, 3.05) is 18.4 Å². The quantitative estimate of drug-likeness (QED) is 0.795. The summed E-state index contributed by atoms with van der Waals surface area (Å²) in [5.41, 5.74) is 0.570. The largest absolute Gasteiger partial charge is 0.381 e. The summed E-state index contributed by atoms with van der Waals surface area (Å²) in [7, 11) is 0. The standard InChI is InChI=1S/C12H18ClFN2/c1-12(2,3)16-7-6-15-11-5-4-9(13)8-10(11)14/h4-5,8,15-16H,6-7H2,1-3H3. The Bertz CT molecular complexity index is 347. The molecular formula is C12H18ClFN2. The number of halogens is 2. The van der Waals surface area contributed by atoms with Crippen LogP contribution < -0.4 is 10.6 Å². The van der Waals surface area contributed by atoms with Crippen LogP contribution >= 0.6 is 11.6 Å². The van der Waals surface area contributed by atoms with Crippen molar-refractivity contribution < 1.29 is 4.39 Å². The van der Waals surface area contributed by atoms with Gasteiger partial charge in [0.25, 0.3) is 0 Å². The maximum atomic E-state index is 13.3. The number of rotatable bonds is 4. The highest BCUT2D eigenvalue weighted by Gasteiger charge is 2.07. The van der Waals surface area contributed by atoms with Crippen molar-refractivity contribution in [1.82, 2.24) is 5.32 Å². The van der Waals surface area contributed by atoms with Gasteiger partial charge in [0.1, 0.15) is 5.82 Å². The second kappa shape index (κ2) is 5.51. The summed E-state index contributed by atoms with van der Waals surface area (Å²) in [5.74, 6) is -0.316. The second-order valence-corrected chi connectivity index (χ2v) is 5.16. The lowest BCUT2D eigenvalue weighted by Crippen LogP contribution is -2.38. The van der Waals surface area contributed by atoms with Crippen molar-refractivity contribution in [2.24, 2.45) is 0 Å². The van der Waals surface area contributed by atoms with Crippen LogP contribution in [0.4, 0.5) is 10.1 Å². The number of hydrogen-bond donors (Lipinski definition) is 2. The zero-order chi connectivity index (χ0) is 12.2. The van der Waals surface area contributed by atoms with Crippen LogP contribution in [-0.2, 0) is 0 Å². The van der Waals surface area contributed by atoms with Crippen LogP contribution in [0.25, 0.3) is 0 Å². The predicted octanol–water partition coefficient (Wildman–Crippen LogP) is 3.28. The van der Waals surface area contributed by atoms with Crippen LogP contribution in [0.1, 0.15) is 20.8 Å². The summed E-state index contributed by atoms with van der Waals surface area (Å²) in [6.07, 6.45) is 0. The fourth-order valence-electron chi connectivity index (χ4n) is 1.27. The fourth-order valence-corrected chi connectivity index (χ4v) is 1.43. The smallest absolute Gasteiger partial charge is 0.147 e. The van der Waals surface area contributed by atoms with Crippen LogP contribution in [0, 0.1) is 5.82 Å². The first-order valence-corrected chi connectivity index (χ1v) is 5.70. The summed E-state index contributed by atoms with van der Waals surface area (Å²) in [6.45, 7) is 7.74. The second-order valence-electron chi connectivity index (χ2n) is 4.73. The highest BCUT2D eigenvalue weighted by molar-refractivity contribution is 6.30. The zero-order valence-electron chi connectivity index (χ0n) is 9.90. The van der Waals surface area contributed by atoms with Gasteiger partial charge >= 0.3 is 0 Å². The minimum Gasteiger partial charge on any atom is -0.381 e. The molecule has 0 radical (unpaired) electrons. The van der Waals surface area contributed by atoms with E-state index in [1.54, 1.807) is 12.1 Å². The Morgan fingerprint density at radius 1 is 1.25 bits per heavy atom. The van der Waals surface area contributed by atoms with Crippen molar-refractivity contribution >= 4 is 17.3 Å². The van der Waals surface area contributed by atoms with Gasteiger partial charge in [-0.1, -0.05) is 11.6 Å². The van der Waals surface area contributed by atoms with Gasteiger partial charge in [0.05, 0.1) is 5.69 Å². The minimum atomic E-state index is -0.316. The molecule has 0 spiro atoms. The lowest BCUT2D eigenvalue weighted by molar-refractivity contribution is 0.435. The molecule has 2 N–H and O–H groups in total. The Labute approximate surface area is 101 Å². The molecule has 90 valence electrons. The van der Waals surface area contributed by atoms with Gasteiger partial charge in [-0.15, -0.1) is 0 Å². The average Bonchev–Trinajstić information content (AvgIpc) is 2.13. The molecular weight excluding hydrogens is 227 g/mol. The molecule has 16 heavy (non-hydrogen) atoms. The molecule has 0 aliphatic carbocycles. The van der Waals surface area contributed by atoms with E-state index in [2.05, 4.69) is 31.4 Å². The first-order valence-electron chi connectivity index (χ1n) is 5.32. The zero-order valence-corrected chi connectivity index (χ0v) is 10.7. The van der Waals surface area contributed by atoms with Gasteiger partial charge < -0.3 is 10.6 Å². The van der Waals surface area contributed by atoms with E-state index in [0.29, 0.717) is 17.3 Å². The van der Waals surface area contributed by atoms with Gasteiger partial charge in [-0.05, 0) is 39.0 Å². The number of hydrogen-bond acceptors (Lipinski definition) is 2. The molecule has 0 bridgehead atoms. The Balaban J connectivity index is 2.38. The average molecular weight is 245 g/mol. The van der Waals surface area contributed by atoms with E-state index >= 15 is 0 Å². The molecule has 1 aromatic rings. The van der Waals surface area contributed by atoms with Crippen LogP contribution in [0.15, 0.2) is 18.2 Å². The SMILES string of the molecule is CC(C)(C)NCCNc1ccc(Cl)cc1F. The molecule has 0 aliphatic rings. The molecule has 0 heterocycles. The van der Waals surface area contributed by atoms with Crippen molar-refractivity contribution in [3.8, 4) is 0 Å². The van der Waals surface area contributed by atoms with Crippen molar-refractivity contribution in [3.63, 3.8) is 0 Å². The van der Waals surface area contributed by atoms with Crippen LogP contribution in [0.5, 0.6) is 0 Å². The maximum absolute atomic E-state index is 13.3. The topological polar surface area (TPSA) is 24.1 Å². The molecule has 0 unspecified atom stereocenters. The van der Waals surface area contributed by atoms with Crippen molar-refractivity contribution in [2.45, 2.75) is 26.3 Å². The molecule has 0 saturated heterocycles. The number of nitrogens with one attached hydrogen (secondary N) is 2. The summed E-state index contributed by atoms with van der Waals surface area (Å²) >= 11 is 5.66. The van der Waals surface area contributed by atoms with Gasteiger partial charge in [0.15, 0.2) is 0 Å². The summed E-state index contributed by atoms with van der Waals surface area (Å²) in [5, 5.41) is 6.74. The van der Waals surface area contributed by atoms with E-state index < -0.39 is 0 Å². The Morgan fingerprint density at radius 3 is 2.50 bits per heavy atom. The fraction of sp³-hybridized carbons (Fsp3) is 0.500. The Morgan fingerprint density at radius 2 is 1.94 bits per heavy atom. The normalized spacial score (nSPS) is 11.6. The maximum Gasteiger partial charge on any atom is 0.147 e. The highest BCUT2D eigenvalue weighted by atomic mass is 35.5. The third kappa shape index (κ3) is 4.81. The van der Waals surface area contributed by atoms with Crippen molar-refractivity contribution in [3.05, 3.63) is 29.0 Å². The Kier molecular flexibility index (Phi) is 4.56. The van der Waals surface area contributed by atoms with Crippen LogP contribution in [0.3, 0.4) is 0 Å². The van der Waals surface area contributed by atoms with Gasteiger partial charge in [-0.25, -0.2) is 4.39 Å². The molecule has 0 saturated carbocycles. The lowest BCUT2D eigenvalue weighted by atomic mass is 10.1. The van der Waals surface area contributed by atoms with Gasteiger partial charge in [0.2, 0.25) is 0 Å². The van der Waals surface area contributed by atoms with Gasteiger partial charge in [-0.3, -0.25) is 0 Å². The molecule has 0 fully saturated rings. The first-order chi connectivity index (χ1) is 7.38. The molecule has 2 nitrogen and oxygen atoms in total. The summed E-state index contributed by atoms with van der Waals surface area (Å²) < 4.78 is 13.3. The predicted molar refractivity (Wildman–Crippen MR) is 67.7 cm³/mol. The van der Waals surface area contributed by atoms with Crippen LogP contribution in [-0.4, -0.2) is 18.6 Å². The van der Waals surface area contributed by atoms with E-state index in [1.165, 1.54) is 6.07 Å². The summed E-state index contributed by atoms with van der Waals surface area (Å²) in [4.78, 5) is 0. The molecule has 0 aromatic heterocycles. The highest BCUT2D eigenvalue weighted by Crippen LogP contribution is 2.18. The first kappa shape index (κ1) is 13.3. The van der Waals surface area contributed by atoms with Crippen molar-refractivity contribution in [1.29, 1.82) is 0 Å².